The predicted molar refractivity (Wildman–Crippen MR) is 86.9 cm³/mol. The third kappa shape index (κ3) is 4.66. The van der Waals surface area contributed by atoms with Gasteiger partial charge in [0.05, 0.1) is 17.6 Å². The normalized spacial score (nSPS) is 18.6. The number of carbonyl (C=O) groups excluding carboxylic acids is 1. The molecular weight excluding hydrogens is 318 g/mol. The van der Waals surface area contributed by atoms with Crippen LogP contribution in [0, 0.1) is 5.92 Å². The number of rotatable bonds is 7. The van der Waals surface area contributed by atoms with Crippen molar-refractivity contribution in [3.05, 3.63) is 23.8 Å². The first-order valence-corrected chi connectivity index (χ1v) is 9.10. The van der Waals surface area contributed by atoms with Crippen LogP contribution in [0.1, 0.15) is 29.6 Å². The molecule has 1 aliphatic rings. The Morgan fingerprint density at radius 1 is 1.48 bits per heavy atom. The lowest BCUT2D eigenvalue weighted by atomic mass is 9.96. The molecule has 1 aliphatic heterocycles. The molecule has 4 N–H and O–H groups in total. The highest BCUT2D eigenvalue weighted by Crippen LogP contribution is 2.22. The number of ether oxygens (including phenoxy) is 1. The first-order valence-electron chi connectivity index (χ1n) is 7.62. The van der Waals surface area contributed by atoms with Gasteiger partial charge in [-0.05, 0) is 56.5 Å². The summed E-state index contributed by atoms with van der Waals surface area (Å²) in [5, 5.41) is 3.30. The second-order valence-corrected chi connectivity index (χ2v) is 7.39. The van der Waals surface area contributed by atoms with Gasteiger partial charge in [0.1, 0.15) is 5.75 Å². The molecule has 0 aromatic heterocycles. The number of nitrogens with one attached hydrogen (secondary N) is 2. The molecule has 2 rings (SSSR count). The average molecular weight is 341 g/mol. The van der Waals surface area contributed by atoms with Crippen LogP contribution in [-0.4, -0.2) is 41.1 Å². The van der Waals surface area contributed by atoms with E-state index in [1.807, 2.05) is 0 Å². The molecule has 1 aromatic rings. The smallest absolute Gasteiger partial charge is 0.252 e. The van der Waals surface area contributed by atoms with Crippen molar-refractivity contribution in [1.82, 2.24) is 10.0 Å². The Hall–Kier alpha value is -1.64. The summed E-state index contributed by atoms with van der Waals surface area (Å²) in [5.74, 6) is 0.0143. The van der Waals surface area contributed by atoms with Gasteiger partial charge < -0.3 is 15.8 Å². The van der Waals surface area contributed by atoms with E-state index in [1.54, 1.807) is 0 Å². The van der Waals surface area contributed by atoms with Crippen LogP contribution in [0.4, 0.5) is 0 Å². The SMILES string of the molecule is COc1ccc(S(=O)(=O)NCCC2CCCNC2)cc1C(N)=O. The molecule has 7 nitrogen and oxygen atoms in total. The molecule has 1 fully saturated rings. The molecule has 23 heavy (non-hydrogen) atoms. The van der Waals surface area contributed by atoms with Gasteiger partial charge in [0.15, 0.2) is 0 Å². The van der Waals surface area contributed by atoms with Crippen LogP contribution in [0.3, 0.4) is 0 Å². The van der Waals surface area contributed by atoms with Gasteiger partial charge in [-0.25, -0.2) is 13.1 Å². The van der Waals surface area contributed by atoms with Crippen molar-refractivity contribution in [2.24, 2.45) is 11.7 Å². The fraction of sp³-hybridized carbons (Fsp3) is 0.533. The maximum Gasteiger partial charge on any atom is 0.252 e. The van der Waals surface area contributed by atoms with Crippen LogP contribution >= 0.6 is 0 Å². The van der Waals surface area contributed by atoms with Crippen molar-refractivity contribution in [2.75, 3.05) is 26.7 Å². The molecular formula is C15H23N3O4S. The number of amides is 1. The van der Waals surface area contributed by atoms with Crippen molar-refractivity contribution in [3.8, 4) is 5.75 Å². The van der Waals surface area contributed by atoms with Gasteiger partial charge in [-0.3, -0.25) is 4.79 Å². The number of methoxy groups -OCH3 is 1. The zero-order chi connectivity index (χ0) is 16.9. The highest BCUT2D eigenvalue weighted by Gasteiger charge is 2.19. The maximum atomic E-state index is 12.3. The van der Waals surface area contributed by atoms with E-state index in [1.165, 1.54) is 25.3 Å². The van der Waals surface area contributed by atoms with Gasteiger partial charge in [0.2, 0.25) is 10.0 Å². The van der Waals surface area contributed by atoms with E-state index < -0.39 is 15.9 Å². The number of benzene rings is 1. The third-order valence-electron chi connectivity index (χ3n) is 3.99. The fourth-order valence-electron chi connectivity index (χ4n) is 2.70. The summed E-state index contributed by atoms with van der Waals surface area (Å²) in [4.78, 5) is 11.4. The van der Waals surface area contributed by atoms with E-state index in [0.717, 1.165) is 32.4 Å². The van der Waals surface area contributed by atoms with Crippen molar-refractivity contribution in [2.45, 2.75) is 24.2 Å². The minimum Gasteiger partial charge on any atom is -0.496 e. The summed E-state index contributed by atoms with van der Waals surface area (Å²) >= 11 is 0. The van der Waals surface area contributed by atoms with E-state index in [4.69, 9.17) is 10.5 Å². The van der Waals surface area contributed by atoms with Gasteiger partial charge in [-0.2, -0.15) is 0 Å². The van der Waals surface area contributed by atoms with Gasteiger partial charge in [-0.1, -0.05) is 0 Å². The Morgan fingerprint density at radius 3 is 2.87 bits per heavy atom. The number of hydrogen-bond donors (Lipinski definition) is 3. The Balaban J connectivity index is 2.03. The van der Waals surface area contributed by atoms with Crippen LogP contribution in [0.25, 0.3) is 0 Å². The first kappa shape index (κ1) is 17.7. The van der Waals surface area contributed by atoms with Crippen LogP contribution in [0.5, 0.6) is 5.75 Å². The monoisotopic (exact) mass is 341 g/mol. The molecule has 128 valence electrons. The standard InChI is InChI=1S/C15H23N3O4S/c1-22-14-5-4-12(9-13(14)15(16)19)23(20,21)18-8-6-11-3-2-7-17-10-11/h4-5,9,11,17-18H,2-3,6-8,10H2,1H3,(H2,16,19). The fourth-order valence-corrected chi connectivity index (χ4v) is 3.77. The molecule has 1 aromatic carbocycles. The topological polar surface area (TPSA) is 111 Å². The molecule has 1 amide bonds. The lowest BCUT2D eigenvalue weighted by Crippen LogP contribution is -2.33. The van der Waals surface area contributed by atoms with Gasteiger partial charge in [0.25, 0.3) is 5.91 Å². The number of primary amides is 1. The second kappa shape index (κ2) is 7.76. The van der Waals surface area contributed by atoms with Crippen LogP contribution < -0.4 is 20.5 Å². The van der Waals surface area contributed by atoms with Crippen molar-refractivity contribution in [3.63, 3.8) is 0 Å². The van der Waals surface area contributed by atoms with Gasteiger partial charge in [0, 0.05) is 6.54 Å². The number of carbonyl (C=O) groups is 1. The number of sulfonamides is 1. The largest absolute Gasteiger partial charge is 0.496 e. The summed E-state index contributed by atoms with van der Waals surface area (Å²) in [5.41, 5.74) is 5.31. The molecule has 8 heteroatoms. The summed E-state index contributed by atoms with van der Waals surface area (Å²) in [6.45, 7) is 2.33. The average Bonchev–Trinajstić information content (AvgIpc) is 2.55. The molecule has 0 aliphatic carbocycles. The minimum absolute atomic E-state index is 0.00821. The van der Waals surface area contributed by atoms with Crippen molar-refractivity contribution < 1.29 is 17.9 Å². The quantitative estimate of drug-likeness (QED) is 0.667. The Bertz CT molecular complexity index is 655. The number of hydrogen-bond acceptors (Lipinski definition) is 5. The van der Waals surface area contributed by atoms with Gasteiger partial charge >= 0.3 is 0 Å². The van der Waals surface area contributed by atoms with Crippen LogP contribution in [0.2, 0.25) is 0 Å². The van der Waals surface area contributed by atoms with Crippen molar-refractivity contribution >= 4 is 15.9 Å². The van der Waals surface area contributed by atoms with Crippen LogP contribution in [-0.2, 0) is 10.0 Å². The molecule has 0 bridgehead atoms. The van der Waals surface area contributed by atoms with E-state index >= 15 is 0 Å². The van der Waals surface area contributed by atoms with E-state index in [-0.39, 0.29) is 16.2 Å². The molecule has 0 radical (unpaired) electrons. The van der Waals surface area contributed by atoms with Crippen molar-refractivity contribution in [1.29, 1.82) is 0 Å². The highest BCUT2D eigenvalue weighted by molar-refractivity contribution is 7.89. The molecule has 0 saturated carbocycles. The third-order valence-corrected chi connectivity index (χ3v) is 5.45. The minimum atomic E-state index is -3.68. The zero-order valence-corrected chi connectivity index (χ0v) is 14.0. The zero-order valence-electron chi connectivity index (χ0n) is 13.2. The number of nitrogens with two attached hydrogens (primary N) is 1. The molecule has 1 heterocycles. The summed E-state index contributed by atoms with van der Waals surface area (Å²) in [6, 6.07) is 4.07. The summed E-state index contributed by atoms with van der Waals surface area (Å²) in [7, 11) is -2.28. The van der Waals surface area contributed by atoms with E-state index in [2.05, 4.69) is 10.0 Å². The lowest BCUT2D eigenvalue weighted by molar-refractivity contribution is 0.0997. The van der Waals surface area contributed by atoms with E-state index in [9.17, 15) is 13.2 Å². The van der Waals surface area contributed by atoms with Crippen LogP contribution in [0.15, 0.2) is 23.1 Å². The predicted octanol–water partition coefficient (Wildman–Crippen LogP) is 0.462. The molecule has 1 atom stereocenters. The van der Waals surface area contributed by atoms with E-state index in [0.29, 0.717) is 12.5 Å². The highest BCUT2D eigenvalue weighted by atomic mass is 32.2. The second-order valence-electron chi connectivity index (χ2n) is 5.63. The summed E-state index contributed by atoms with van der Waals surface area (Å²) in [6.07, 6.45) is 3.02. The Morgan fingerprint density at radius 2 is 2.26 bits per heavy atom. The Labute approximate surface area is 136 Å². The Kier molecular flexibility index (Phi) is 5.97. The first-order chi connectivity index (χ1) is 10.9. The lowest BCUT2D eigenvalue weighted by Gasteiger charge is -2.22. The summed E-state index contributed by atoms with van der Waals surface area (Å²) < 4.78 is 32.2. The number of piperidine rings is 1. The molecule has 1 saturated heterocycles. The molecule has 0 spiro atoms. The van der Waals surface area contributed by atoms with Gasteiger partial charge in [-0.15, -0.1) is 0 Å². The maximum absolute atomic E-state index is 12.3. The molecule has 1 unspecified atom stereocenters.